The van der Waals surface area contributed by atoms with Gasteiger partial charge in [0.1, 0.15) is 0 Å². The van der Waals surface area contributed by atoms with E-state index in [-0.39, 0.29) is 12.2 Å². The molecule has 2 heterocycles. The number of aromatic nitrogens is 3. The maximum atomic E-state index is 12.5. The number of carbonyl (C=O) groups is 1. The first kappa shape index (κ1) is 18.6. The fourth-order valence-corrected chi connectivity index (χ4v) is 2.73. The standard InChI is InChI=1S/C19H17ClN4O3/c1-12-9-16(25)18(23-24(12)15-6-4-3-5-14(15)20)19(26)22-11-13-7-8-21-17(10-13)27-2/h3-10H,11H2,1-2H3,(H,22,26). The van der Waals surface area contributed by atoms with Crippen molar-refractivity contribution in [3.63, 3.8) is 0 Å². The van der Waals surface area contributed by atoms with E-state index in [0.717, 1.165) is 5.56 Å². The molecule has 0 aliphatic heterocycles. The zero-order valence-electron chi connectivity index (χ0n) is 14.8. The highest BCUT2D eigenvalue weighted by Crippen LogP contribution is 2.19. The number of aryl methyl sites for hydroxylation is 1. The van der Waals surface area contributed by atoms with Crippen molar-refractivity contribution in [1.82, 2.24) is 20.1 Å². The highest BCUT2D eigenvalue weighted by atomic mass is 35.5. The number of para-hydroxylation sites is 1. The number of hydrogen-bond donors (Lipinski definition) is 1. The molecule has 7 nitrogen and oxygen atoms in total. The summed E-state index contributed by atoms with van der Waals surface area (Å²) in [6.45, 7) is 1.93. The van der Waals surface area contributed by atoms with Crippen LogP contribution >= 0.6 is 11.6 Å². The van der Waals surface area contributed by atoms with E-state index in [2.05, 4.69) is 15.4 Å². The third-order valence-corrected chi connectivity index (χ3v) is 4.18. The average molecular weight is 385 g/mol. The van der Waals surface area contributed by atoms with Crippen LogP contribution in [-0.2, 0) is 6.54 Å². The third kappa shape index (κ3) is 4.15. The maximum absolute atomic E-state index is 12.5. The number of ether oxygens (including phenoxy) is 1. The summed E-state index contributed by atoms with van der Waals surface area (Å²) in [5.74, 6) is -0.132. The molecule has 0 bridgehead atoms. The molecule has 3 rings (SSSR count). The molecule has 0 fully saturated rings. The lowest BCUT2D eigenvalue weighted by Crippen LogP contribution is -2.31. The van der Waals surface area contributed by atoms with Crippen molar-refractivity contribution in [3.8, 4) is 11.6 Å². The van der Waals surface area contributed by atoms with E-state index in [1.54, 1.807) is 49.5 Å². The van der Waals surface area contributed by atoms with Crippen molar-refractivity contribution in [2.45, 2.75) is 13.5 Å². The summed E-state index contributed by atoms with van der Waals surface area (Å²) >= 11 is 6.21. The minimum absolute atomic E-state index is 0.207. The second-order valence-electron chi connectivity index (χ2n) is 5.75. The van der Waals surface area contributed by atoms with Gasteiger partial charge in [-0.05, 0) is 30.7 Å². The molecule has 0 aliphatic carbocycles. The predicted octanol–water partition coefficient (Wildman–Crippen LogP) is 2.53. The van der Waals surface area contributed by atoms with Gasteiger partial charge in [0.05, 0.1) is 17.8 Å². The zero-order valence-corrected chi connectivity index (χ0v) is 15.5. The first-order valence-electron chi connectivity index (χ1n) is 8.12. The van der Waals surface area contributed by atoms with E-state index >= 15 is 0 Å². The number of carbonyl (C=O) groups excluding carboxylic acids is 1. The lowest BCUT2D eigenvalue weighted by atomic mass is 10.2. The quantitative estimate of drug-likeness (QED) is 0.730. The molecule has 0 aliphatic rings. The van der Waals surface area contributed by atoms with E-state index in [1.165, 1.54) is 17.9 Å². The molecule has 0 spiro atoms. The van der Waals surface area contributed by atoms with E-state index in [4.69, 9.17) is 16.3 Å². The first-order chi connectivity index (χ1) is 13.0. The second-order valence-corrected chi connectivity index (χ2v) is 6.16. The van der Waals surface area contributed by atoms with Crippen molar-refractivity contribution >= 4 is 17.5 Å². The van der Waals surface area contributed by atoms with E-state index < -0.39 is 11.3 Å². The van der Waals surface area contributed by atoms with Crippen molar-refractivity contribution in [2.24, 2.45) is 0 Å². The second kappa shape index (κ2) is 8.01. The maximum Gasteiger partial charge on any atom is 0.276 e. The van der Waals surface area contributed by atoms with Gasteiger partial charge >= 0.3 is 0 Å². The SMILES string of the molecule is COc1cc(CNC(=O)c2nn(-c3ccccc3Cl)c(C)cc2=O)ccn1. The molecule has 0 saturated carbocycles. The third-order valence-electron chi connectivity index (χ3n) is 3.86. The Hall–Kier alpha value is -3.19. The van der Waals surface area contributed by atoms with Gasteiger partial charge in [0, 0.05) is 30.6 Å². The Morgan fingerprint density at radius 2 is 2.04 bits per heavy atom. The van der Waals surface area contributed by atoms with Crippen molar-refractivity contribution in [2.75, 3.05) is 7.11 Å². The first-order valence-corrected chi connectivity index (χ1v) is 8.50. The molecule has 8 heteroatoms. The van der Waals surface area contributed by atoms with Gasteiger partial charge in [-0.2, -0.15) is 5.10 Å². The van der Waals surface area contributed by atoms with Crippen LogP contribution < -0.4 is 15.5 Å². The fraction of sp³-hybridized carbons (Fsp3) is 0.158. The summed E-state index contributed by atoms with van der Waals surface area (Å²) in [5.41, 5.74) is 1.28. The van der Waals surface area contributed by atoms with Gasteiger partial charge in [0.15, 0.2) is 5.69 Å². The number of nitrogens with zero attached hydrogens (tertiary/aromatic N) is 3. The molecule has 0 atom stereocenters. The number of nitrogens with one attached hydrogen (secondary N) is 1. The highest BCUT2D eigenvalue weighted by molar-refractivity contribution is 6.32. The van der Waals surface area contributed by atoms with Crippen molar-refractivity contribution < 1.29 is 9.53 Å². The largest absolute Gasteiger partial charge is 0.481 e. The topological polar surface area (TPSA) is 86.1 Å². The van der Waals surface area contributed by atoms with E-state index in [1.807, 2.05) is 0 Å². The molecule has 1 N–H and O–H groups in total. The summed E-state index contributed by atoms with van der Waals surface area (Å²) in [7, 11) is 1.51. The molecule has 1 amide bonds. The molecule has 138 valence electrons. The molecular weight excluding hydrogens is 368 g/mol. The Morgan fingerprint density at radius 3 is 2.78 bits per heavy atom. The monoisotopic (exact) mass is 384 g/mol. The number of rotatable bonds is 5. The molecule has 2 aromatic heterocycles. The Morgan fingerprint density at radius 1 is 1.26 bits per heavy atom. The van der Waals surface area contributed by atoms with Crippen LogP contribution in [0.3, 0.4) is 0 Å². The van der Waals surface area contributed by atoms with Crippen molar-refractivity contribution in [3.05, 3.63) is 80.9 Å². The molecular formula is C19H17ClN4O3. The van der Waals surface area contributed by atoms with Crippen molar-refractivity contribution in [1.29, 1.82) is 0 Å². The number of hydrogen-bond acceptors (Lipinski definition) is 5. The van der Waals surface area contributed by atoms with Gasteiger partial charge in [-0.1, -0.05) is 23.7 Å². The lowest BCUT2D eigenvalue weighted by Gasteiger charge is -2.12. The van der Waals surface area contributed by atoms with Gasteiger partial charge in [-0.3, -0.25) is 9.59 Å². The molecule has 27 heavy (non-hydrogen) atoms. The van der Waals surface area contributed by atoms with E-state index in [0.29, 0.717) is 22.3 Å². The number of methoxy groups -OCH3 is 1. The van der Waals surface area contributed by atoms with Gasteiger partial charge in [0.25, 0.3) is 5.91 Å². The zero-order chi connectivity index (χ0) is 19.4. The molecule has 3 aromatic rings. The van der Waals surface area contributed by atoms with Crippen LogP contribution in [0, 0.1) is 6.92 Å². The van der Waals surface area contributed by atoms with Gasteiger partial charge in [-0.25, -0.2) is 9.67 Å². The number of amides is 1. The number of benzene rings is 1. The molecule has 0 saturated heterocycles. The minimum Gasteiger partial charge on any atom is -0.481 e. The van der Waals surface area contributed by atoms with Crippen LogP contribution in [0.15, 0.2) is 53.5 Å². The van der Waals surface area contributed by atoms with Gasteiger partial charge < -0.3 is 10.1 Å². The molecule has 0 radical (unpaired) electrons. The Kier molecular flexibility index (Phi) is 5.52. The average Bonchev–Trinajstić information content (AvgIpc) is 2.67. The van der Waals surface area contributed by atoms with Crippen LogP contribution in [0.4, 0.5) is 0 Å². The Labute approximate surface area is 160 Å². The van der Waals surface area contributed by atoms with Crippen LogP contribution in [-0.4, -0.2) is 27.8 Å². The molecule has 0 unspecified atom stereocenters. The lowest BCUT2D eigenvalue weighted by molar-refractivity contribution is 0.0943. The summed E-state index contributed by atoms with van der Waals surface area (Å²) in [6, 6.07) is 11.9. The summed E-state index contributed by atoms with van der Waals surface area (Å²) in [4.78, 5) is 28.8. The summed E-state index contributed by atoms with van der Waals surface area (Å²) in [5, 5.41) is 7.37. The van der Waals surface area contributed by atoms with Crippen LogP contribution in [0.25, 0.3) is 5.69 Å². The van der Waals surface area contributed by atoms with Gasteiger partial charge in [-0.15, -0.1) is 0 Å². The fourth-order valence-electron chi connectivity index (χ4n) is 2.51. The normalized spacial score (nSPS) is 10.5. The van der Waals surface area contributed by atoms with E-state index in [9.17, 15) is 9.59 Å². The Balaban J connectivity index is 1.87. The Bertz CT molecular complexity index is 1050. The summed E-state index contributed by atoms with van der Waals surface area (Å²) < 4.78 is 6.53. The highest BCUT2D eigenvalue weighted by Gasteiger charge is 2.16. The van der Waals surface area contributed by atoms with Crippen LogP contribution in [0.5, 0.6) is 5.88 Å². The predicted molar refractivity (Wildman–Crippen MR) is 102 cm³/mol. The number of pyridine rings is 1. The van der Waals surface area contributed by atoms with Crippen LogP contribution in [0.1, 0.15) is 21.7 Å². The van der Waals surface area contributed by atoms with Gasteiger partial charge in [0.2, 0.25) is 11.3 Å². The summed E-state index contributed by atoms with van der Waals surface area (Å²) in [6.07, 6.45) is 1.58. The smallest absolute Gasteiger partial charge is 0.276 e. The van der Waals surface area contributed by atoms with Crippen LogP contribution in [0.2, 0.25) is 5.02 Å². The minimum atomic E-state index is -0.573. The number of halogens is 1. The molecule has 1 aromatic carbocycles.